The molecule has 1 aromatic heterocycles. The lowest BCUT2D eigenvalue weighted by Crippen LogP contribution is -2.34. The van der Waals surface area contributed by atoms with Gasteiger partial charge in [0.2, 0.25) is 0 Å². The Morgan fingerprint density at radius 2 is 2.03 bits per heavy atom. The minimum atomic E-state index is -0.299. The van der Waals surface area contributed by atoms with Crippen LogP contribution in [0.2, 0.25) is 0 Å². The van der Waals surface area contributed by atoms with Crippen molar-refractivity contribution >= 4 is 22.6 Å². The fourth-order valence-corrected chi connectivity index (χ4v) is 4.43. The Labute approximate surface area is 185 Å². The topological polar surface area (TPSA) is 76.8 Å². The number of nitrogens with zero attached hydrogens (tertiary/aromatic N) is 2. The molecule has 0 bridgehead atoms. The summed E-state index contributed by atoms with van der Waals surface area (Å²) in [5.74, 6) is 1.32. The Balaban J connectivity index is 1.03. The van der Waals surface area contributed by atoms with Gasteiger partial charge in [0, 0.05) is 23.4 Å². The number of fused-ring (bicyclic) bond motifs is 2. The molecule has 3 aromatic rings. The molecule has 1 N–H and O–H groups in total. The number of hydrogen-bond donors (Lipinski definition) is 1. The van der Waals surface area contributed by atoms with Crippen LogP contribution in [0.25, 0.3) is 11.0 Å². The highest BCUT2D eigenvalue weighted by atomic mass is 19.1. The highest BCUT2D eigenvalue weighted by Gasteiger charge is 2.25. The van der Waals surface area contributed by atoms with Gasteiger partial charge in [0.15, 0.2) is 12.2 Å². The van der Waals surface area contributed by atoms with E-state index in [2.05, 4.69) is 15.4 Å². The van der Waals surface area contributed by atoms with Crippen molar-refractivity contribution in [1.82, 2.24) is 10.1 Å². The molecule has 32 heavy (non-hydrogen) atoms. The van der Waals surface area contributed by atoms with Crippen LogP contribution in [-0.4, -0.2) is 48.8 Å². The number of halogens is 1. The third kappa shape index (κ3) is 4.55. The predicted octanol–water partition coefficient (Wildman–Crippen LogP) is 4.34. The van der Waals surface area contributed by atoms with Crippen molar-refractivity contribution in [3.63, 3.8) is 0 Å². The number of ether oxygens (including phenoxy) is 2. The Morgan fingerprint density at radius 1 is 1.16 bits per heavy atom. The van der Waals surface area contributed by atoms with E-state index in [4.69, 9.17) is 14.0 Å². The minimum Gasteiger partial charge on any atom is -0.493 e. The Kier molecular flexibility index (Phi) is 5.94. The summed E-state index contributed by atoms with van der Waals surface area (Å²) in [6.45, 7) is 3.77. The summed E-state index contributed by atoms with van der Waals surface area (Å²) in [6.07, 6.45) is 4.09. The molecule has 2 aromatic carbocycles. The Morgan fingerprint density at radius 3 is 2.91 bits per heavy atom. The number of piperidine rings is 1. The second-order valence-corrected chi connectivity index (χ2v) is 8.37. The molecule has 0 atom stereocenters. The standard InChI is InChI=1S/C24H26FN3O4/c25-17-3-5-19-21(13-17)32-27-24(19)16-7-10-28(11-8-16)9-1-2-12-30-18-4-6-20-22(14-18)31-15-23(29)26-20/h3-6,13-14,16H,1-2,7-12,15H2,(H,26,29). The number of hydrogen-bond acceptors (Lipinski definition) is 6. The van der Waals surface area contributed by atoms with Gasteiger partial charge in [0.1, 0.15) is 17.3 Å². The second-order valence-electron chi connectivity index (χ2n) is 8.37. The van der Waals surface area contributed by atoms with Crippen LogP contribution < -0.4 is 14.8 Å². The molecule has 3 heterocycles. The lowest BCUT2D eigenvalue weighted by atomic mass is 9.91. The van der Waals surface area contributed by atoms with Gasteiger partial charge < -0.3 is 24.2 Å². The van der Waals surface area contributed by atoms with E-state index in [1.165, 1.54) is 12.1 Å². The molecule has 0 saturated carbocycles. The van der Waals surface area contributed by atoms with E-state index in [1.54, 1.807) is 12.1 Å². The second kappa shape index (κ2) is 9.16. The molecular weight excluding hydrogens is 413 g/mol. The summed E-state index contributed by atoms with van der Waals surface area (Å²) < 4.78 is 30.0. The van der Waals surface area contributed by atoms with Crippen LogP contribution in [0.3, 0.4) is 0 Å². The van der Waals surface area contributed by atoms with E-state index in [0.29, 0.717) is 29.5 Å². The van der Waals surface area contributed by atoms with Crippen LogP contribution >= 0.6 is 0 Å². The van der Waals surface area contributed by atoms with Gasteiger partial charge in [-0.15, -0.1) is 0 Å². The zero-order chi connectivity index (χ0) is 21.9. The van der Waals surface area contributed by atoms with Crippen molar-refractivity contribution in [3.05, 3.63) is 47.9 Å². The van der Waals surface area contributed by atoms with Gasteiger partial charge in [0.05, 0.1) is 18.0 Å². The van der Waals surface area contributed by atoms with Gasteiger partial charge in [-0.25, -0.2) is 4.39 Å². The smallest absolute Gasteiger partial charge is 0.262 e. The number of carbonyl (C=O) groups is 1. The molecule has 168 valence electrons. The monoisotopic (exact) mass is 439 g/mol. The van der Waals surface area contributed by atoms with Crippen LogP contribution in [0.1, 0.15) is 37.3 Å². The average Bonchev–Trinajstić information content (AvgIpc) is 3.22. The number of carbonyl (C=O) groups excluding carboxylic acids is 1. The van der Waals surface area contributed by atoms with E-state index in [9.17, 15) is 9.18 Å². The molecule has 2 aliphatic rings. The third-order valence-corrected chi connectivity index (χ3v) is 6.16. The van der Waals surface area contributed by atoms with Gasteiger partial charge >= 0.3 is 0 Å². The summed E-state index contributed by atoms with van der Waals surface area (Å²) in [4.78, 5) is 13.8. The summed E-state index contributed by atoms with van der Waals surface area (Å²) >= 11 is 0. The molecule has 0 spiro atoms. The highest BCUT2D eigenvalue weighted by molar-refractivity contribution is 5.95. The van der Waals surface area contributed by atoms with Crippen molar-refractivity contribution in [1.29, 1.82) is 0 Å². The maximum atomic E-state index is 13.4. The van der Waals surface area contributed by atoms with Crippen molar-refractivity contribution < 1.29 is 23.2 Å². The van der Waals surface area contributed by atoms with E-state index in [1.807, 2.05) is 12.1 Å². The van der Waals surface area contributed by atoms with Crippen molar-refractivity contribution in [2.45, 2.75) is 31.6 Å². The Bertz CT molecular complexity index is 1110. The molecular formula is C24H26FN3O4. The number of likely N-dealkylation sites (tertiary alicyclic amines) is 1. The van der Waals surface area contributed by atoms with Gasteiger partial charge in [-0.1, -0.05) is 5.16 Å². The largest absolute Gasteiger partial charge is 0.493 e. The number of benzene rings is 2. The summed E-state index contributed by atoms with van der Waals surface area (Å²) in [7, 11) is 0. The van der Waals surface area contributed by atoms with E-state index >= 15 is 0 Å². The number of anilines is 1. The third-order valence-electron chi connectivity index (χ3n) is 6.16. The number of nitrogens with one attached hydrogen (secondary N) is 1. The van der Waals surface area contributed by atoms with Crippen molar-refractivity contribution in [2.24, 2.45) is 0 Å². The SMILES string of the molecule is O=C1COc2cc(OCCCCN3CCC(c4noc5cc(F)ccc45)CC3)ccc2N1. The summed E-state index contributed by atoms with van der Waals surface area (Å²) in [6, 6.07) is 10.1. The quantitative estimate of drug-likeness (QED) is 0.552. The van der Waals surface area contributed by atoms with Crippen LogP contribution in [-0.2, 0) is 4.79 Å². The van der Waals surface area contributed by atoms with Gasteiger partial charge in [-0.3, -0.25) is 4.79 Å². The maximum Gasteiger partial charge on any atom is 0.262 e. The molecule has 0 radical (unpaired) electrons. The highest BCUT2D eigenvalue weighted by Crippen LogP contribution is 2.33. The molecule has 5 rings (SSSR count). The van der Waals surface area contributed by atoms with E-state index in [0.717, 1.165) is 62.1 Å². The number of amides is 1. The minimum absolute atomic E-state index is 0.0403. The summed E-state index contributed by atoms with van der Waals surface area (Å²) in [5.41, 5.74) is 2.17. The number of unbranched alkanes of at least 4 members (excludes halogenated alkanes) is 1. The predicted molar refractivity (Wildman–Crippen MR) is 118 cm³/mol. The molecule has 2 aliphatic heterocycles. The molecule has 1 saturated heterocycles. The molecule has 1 fully saturated rings. The first-order chi connectivity index (χ1) is 15.7. The zero-order valence-electron chi connectivity index (χ0n) is 17.8. The first-order valence-electron chi connectivity index (χ1n) is 11.1. The van der Waals surface area contributed by atoms with Crippen LogP contribution in [0, 0.1) is 5.82 Å². The van der Waals surface area contributed by atoms with Gasteiger partial charge in [0.25, 0.3) is 5.91 Å². The molecule has 8 heteroatoms. The van der Waals surface area contributed by atoms with Gasteiger partial charge in [-0.05, 0) is 69.6 Å². The molecule has 0 unspecified atom stereocenters. The molecule has 7 nitrogen and oxygen atoms in total. The van der Waals surface area contributed by atoms with Gasteiger partial charge in [-0.2, -0.15) is 0 Å². The number of rotatable bonds is 7. The van der Waals surface area contributed by atoms with Crippen molar-refractivity contribution in [2.75, 3.05) is 38.2 Å². The molecule has 1 amide bonds. The Hall–Kier alpha value is -3.13. The summed E-state index contributed by atoms with van der Waals surface area (Å²) in [5, 5.41) is 7.93. The lowest BCUT2D eigenvalue weighted by Gasteiger charge is -2.31. The molecule has 0 aliphatic carbocycles. The van der Waals surface area contributed by atoms with Crippen molar-refractivity contribution in [3.8, 4) is 11.5 Å². The lowest BCUT2D eigenvalue weighted by molar-refractivity contribution is -0.118. The van der Waals surface area contributed by atoms with Crippen LogP contribution in [0.15, 0.2) is 40.9 Å². The van der Waals surface area contributed by atoms with Crippen LogP contribution in [0.5, 0.6) is 11.5 Å². The van der Waals surface area contributed by atoms with Crippen LogP contribution in [0.4, 0.5) is 10.1 Å². The van der Waals surface area contributed by atoms with E-state index in [-0.39, 0.29) is 18.3 Å². The first kappa shape index (κ1) is 20.8. The fourth-order valence-electron chi connectivity index (χ4n) is 4.43. The van der Waals surface area contributed by atoms with E-state index < -0.39 is 0 Å². The zero-order valence-corrected chi connectivity index (χ0v) is 17.8. The number of aromatic nitrogens is 1. The maximum absolute atomic E-state index is 13.4. The fraction of sp³-hybridized carbons (Fsp3) is 0.417. The normalized spacial score (nSPS) is 17.1. The average molecular weight is 439 g/mol. The first-order valence-corrected chi connectivity index (χ1v) is 11.1.